The van der Waals surface area contributed by atoms with Gasteiger partial charge in [0.25, 0.3) is 0 Å². The van der Waals surface area contributed by atoms with Crippen molar-refractivity contribution in [1.82, 2.24) is 0 Å². The highest BCUT2D eigenvalue weighted by atomic mass is 79.9. The number of halogens is 1. The van der Waals surface area contributed by atoms with Crippen molar-refractivity contribution in [2.45, 2.75) is 13.8 Å². The van der Waals surface area contributed by atoms with E-state index in [1.807, 2.05) is 18.2 Å². The average molecular weight is 278 g/mol. The fourth-order valence-corrected chi connectivity index (χ4v) is 1.84. The van der Waals surface area contributed by atoms with Crippen LogP contribution in [0.25, 0.3) is 10.8 Å². The van der Waals surface area contributed by atoms with Gasteiger partial charge in [-0.05, 0) is 34.9 Å². The van der Waals surface area contributed by atoms with Crippen molar-refractivity contribution in [2.24, 2.45) is 5.92 Å². The van der Waals surface area contributed by atoms with Crippen LogP contribution < -0.4 is 4.74 Å². The van der Waals surface area contributed by atoms with Crippen molar-refractivity contribution >= 4 is 26.7 Å². The van der Waals surface area contributed by atoms with E-state index in [4.69, 9.17) is 4.74 Å². The number of hydrogen-bond acceptors (Lipinski definition) is 1. The molecule has 0 aromatic heterocycles. The highest BCUT2D eigenvalue weighted by Crippen LogP contribution is 2.23. The lowest BCUT2D eigenvalue weighted by Gasteiger charge is -2.09. The summed E-state index contributed by atoms with van der Waals surface area (Å²) in [6.45, 7) is 5.01. The van der Waals surface area contributed by atoms with Gasteiger partial charge in [-0.3, -0.25) is 0 Å². The molecular formula is C14H14BrO. The Kier molecular flexibility index (Phi) is 3.49. The van der Waals surface area contributed by atoms with Crippen LogP contribution in [0.5, 0.6) is 5.75 Å². The van der Waals surface area contributed by atoms with E-state index in [1.165, 1.54) is 5.39 Å². The van der Waals surface area contributed by atoms with E-state index in [2.05, 4.69) is 48.0 Å². The molecule has 0 aliphatic rings. The summed E-state index contributed by atoms with van der Waals surface area (Å²) in [6, 6.07) is 13.4. The van der Waals surface area contributed by atoms with Crippen LogP contribution in [0.2, 0.25) is 0 Å². The highest BCUT2D eigenvalue weighted by Gasteiger charge is 2.00. The maximum Gasteiger partial charge on any atom is 0.127 e. The van der Waals surface area contributed by atoms with E-state index in [9.17, 15) is 0 Å². The molecule has 1 nitrogen and oxygen atoms in total. The fraction of sp³-hybridized carbons (Fsp3) is 0.286. The van der Waals surface area contributed by atoms with Gasteiger partial charge in [0.05, 0.1) is 6.61 Å². The average Bonchev–Trinajstić information content (AvgIpc) is 2.26. The monoisotopic (exact) mass is 277 g/mol. The van der Waals surface area contributed by atoms with E-state index in [1.54, 1.807) is 0 Å². The molecule has 2 aromatic rings. The third-order valence-corrected chi connectivity index (χ3v) is 2.75. The zero-order valence-corrected chi connectivity index (χ0v) is 11.0. The first-order valence-electron chi connectivity index (χ1n) is 5.39. The van der Waals surface area contributed by atoms with E-state index in [-0.39, 0.29) is 0 Å². The van der Waals surface area contributed by atoms with Gasteiger partial charge in [-0.2, -0.15) is 0 Å². The minimum atomic E-state index is 0.536. The normalized spacial score (nSPS) is 11.0. The molecule has 1 radical (unpaired) electrons. The van der Waals surface area contributed by atoms with Crippen LogP contribution in [0, 0.1) is 12.0 Å². The molecule has 0 saturated carbocycles. The van der Waals surface area contributed by atoms with Crippen LogP contribution in [-0.4, -0.2) is 6.61 Å². The van der Waals surface area contributed by atoms with E-state index in [0.29, 0.717) is 5.92 Å². The molecule has 0 atom stereocenters. The number of fused-ring (bicyclic) bond motifs is 1. The highest BCUT2D eigenvalue weighted by molar-refractivity contribution is 9.10. The molecule has 0 spiro atoms. The lowest BCUT2D eigenvalue weighted by molar-refractivity contribution is 0.271. The summed E-state index contributed by atoms with van der Waals surface area (Å²) in [5.41, 5.74) is 0. The SMILES string of the molecule is CC(C)COc1[c]c2ccc(Br)cc2cc1. The van der Waals surface area contributed by atoms with Gasteiger partial charge in [0, 0.05) is 10.5 Å². The van der Waals surface area contributed by atoms with Gasteiger partial charge in [0.15, 0.2) is 0 Å². The maximum absolute atomic E-state index is 5.64. The number of ether oxygens (including phenoxy) is 1. The second kappa shape index (κ2) is 4.88. The molecule has 0 amide bonds. The smallest absolute Gasteiger partial charge is 0.127 e. The minimum Gasteiger partial charge on any atom is -0.493 e. The Balaban J connectivity index is 2.26. The summed E-state index contributed by atoms with van der Waals surface area (Å²) in [6.07, 6.45) is 0. The van der Waals surface area contributed by atoms with Crippen molar-refractivity contribution in [3.63, 3.8) is 0 Å². The summed E-state index contributed by atoms with van der Waals surface area (Å²) in [5, 5.41) is 2.26. The molecule has 83 valence electrons. The molecule has 0 unspecified atom stereocenters. The lowest BCUT2D eigenvalue weighted by Crippen LogP contribution is -2.04. The third kappa shape index (κ3) is 2.76. The number of hydrogen-bond donors (Lipinski definition) is 0. The quantitative estimate of drug-likeness (QED) is 0.806. The summed E-state index contributed by atoms with van der Waals surface area (Å²) < 4.78 is 6.73. The molecule has 0 bridgehead atoms. The lowest BCUT2D eigenvalue weighted by atomic mass is 10.1. The third-order valence-electron chi connectivity index (χ3n) is 2.26. The predicted octanol–water partition coefficient (Wildman–Crippen LogP) is 4.44. The molecular weight excluding hydrogens is 264 g/mol. The molecule has 0 fully saturated rings. The topological polar surface area (TPSA) is 9.23 Å². The zero-order valence-electron chi connectivity index (χ0n) is 9.46. The molecule has 0 aliphatic heterocycles. The van der Waals surface area contributed by atoms with Crippen LogP contribution >= 0.6 is 15.9 Å². The first-order valence-corrected chi connectivity index (χ1v) is 6.19. The molecule has 2 aromatic carbocycles. The zero-order chi connectivity index (χ0) is 11.5. The summed E-state index contributed by atoms with van der Waals surface area (Å²) in [5.74, 6) is 1.36. The van der Waals surface area contributed by atoms with Crippen molar-refractivity contribution in [3.05, 3.63) is 40.9 Å². The number of rotatable bonds is 3. The van der Waals surface area contributed by atoms with Crippen LogP contribution in [0.1, 0.15) is 13.8 Å². The van der Waals surface area contributed by atoms with E-state index >= 15 is 0 Å². The Morgan fingerprint density at radius 1 is 1.25 bits per heavy atom. The first-order chi connectivity index (χ1) is 7.65. The molecule has 0 saturated heterocycles. The van der Waals surface area contributed by atoms with E-state index in [0.717, 1.165) is 22.2 Å². The van der Waals surface area contributed by atoms with Gasteiger partial charge in [0.2, 0.25) is 0 Å². The number of benzene rings is 2. The van der Waals surface area contributed by atoms with Gasteiger partial charge in [-0.15, -0.1) is 0 Å². The van der Waals surface area contributed by atoms with Crippen LogP contribution in [0.4, 0.5) is 0 Å². The van der Waals surface area contributed by atoms with Crippen LogP contribution in [0.15, 0.2) is 34.8 Å². The van der Waals surface area contributed by atoms with Gasteiger partial charge < -0.3 is 4.74 Å². The summed E-state index contributed by atoms with van der Waals surface area (Å²) >= 11 is 3.46. The summed E-state index contributed by atoms with van der Waals surface area (Å²) in [4.78, 5) is 0. The van der Waals surface area contributed by atoms with Crippen molar-refractivity contribution in [3.8, 4) is 5.75 Å². The second-order valence-electron chi connectivity index (χ2n) is 4.26. The standard InChI is InChI=1S/C14H14BrO/c1-10(2)9-16-14-6-4-11-7-13(15)5-3-12(11)8-14/h3-7,10H,9H2,1-2H3. The Morgan fingerprint density at radius 2 is 2.06 bits per heavy atom. The minimum absolute atomic E-state index is 0.536. The van der Waals surface area contributed by atoms with Gasteiger partial charge in [-0.1, -0.05) is 41.9 Å². The fourth-order valence-electron chi connectivity index (χ4n) is 1.47. The van der Waals surface area contributed by atoms with Gasteiger partial charge in [0.1, 0.15) is 5.75 Å². The van der Waals surface area contributed by atoms with Crippen molar-refractivity contribution in [2.75, 3.05) is 6.61 Å². The predicted molar refractivity (Wildman–Crippen MR) is 70.8 cm³/mol. The van der Waals surface area contributed by atoms with Crippen LogP contribution in [-0.2, 0) is 0 Å². The molecule has 0 N–H and O–H groups in total. The second-order valence-corrected chi connectivity index (χ2v) is 5.17. The molecule has 16 heavy (non-hydrogen) atoms. The largest absolute Gasteiger partial charge is 0.493 e. The van der Waals surface area contributed by atoms with Gasteiger partial charge >= 0.3 is 0 Å². The Hall–Kier alpha value is -1.02. The Labute approximate surface area is 105 Å². The van der Waals surface area contributed by atoms with Crippen molar-refractivity contribution < 1.29 is 4.74 Å². The Bertz CT molecular complexity index is 491. The first kappa shape index (κ1) is 11.5. The summed E-state index contributed by atoms with van der Waals surface area (Å²) in [7, 11) is 0. The van der Waals surface area contributed by atoms with Crippen molar-refractivity contribution in [1.29, 1.82) is 0 Å². The molecule has 0 heterocycles. The molecule has 2 rings (SSSR count). The Morgan fingerprint density at radius 3 is 2.81 bits per heavy atom. The molecule has 2 heteroatoms. The van der Waals surface area contributed by atoms with Gasteiger partial charge in [-0.25, -0.2) is 0 Å². The van der Waals surface area contributed by atoms with Crippen LogP contribution in [0.3, 0.4) is 0 Å². The molecule has 0 aliphatic carbocycles. The van der Waals surface area contributed by atoms with E-state index < -0.39 is 0 Å². The maximum atomic E-state index is 5.64.